The molecule has 0 aliphatic carbocycles. The second-order valence-electron chi connectivity index (χ2n) is 14.9. The van der Waals surface area contributed by atoms with Crippen LogP contribution < -0.4 is 0 Å². The SMILES string of the molecule is CCC[CH2][Sn]([CH2]CCC)([CH2]CCC)/[C](C)=C\[C@H](C)[C@@H](OCOC)[C@@H](C)C#C[C@H](C[C@@H]1O[C@H](c2ccccc2)O[C@H]([C@@H](C)C(=O)OC)[C@H]1C)OCOC. The zero-order chi connectivity index (χ0) is 38.5. The molecule has 0 saturated carbocycles. The van der Waals surface area contributed by atoms with Crippen LogP contribution in [-0.2, 0) is 38.0 Å². The van der Waals surface area contributed by atoms with Crippen LogP contribution in [0.15, 0.2) is 40.0 Å². The van der Waals surface area contributed by atoms with Crippen molar-refractivity contribution in [3.8, 4) is 11.8 Å². The molecule has 0 aromatic heterocycles. The van der Waals surface area contributed by atoms with E-state index in [2.05, 4.69) is 66.4 Å². The second kappa shape index (κ2) is 25.6. The second-order valence-corrected chi connectivity index (χ2v) is 28.7. The van der Waals surface area contributed by atoms with Gasteiger partial charge in [0.05, 0.1) is 13.0 Å². The first-order chi connectivity index (χ1) is 25.0. The molecule has 1 aliphatic rings. The van der Waals surface area contributed by atoms with Gasteiger partial charge in [-0.15, -0.1) is 0 Å². The van der Waals surface area contributed by atoms with Crippen LogP contribution in [0.2, 0.25) is 13.3 Å². The normalized spacial score (nSPS) is 22.5. The van der Waals surface area contributed by atoms with E-state index in [4.69, 9.17) is 33.2 Å². The van der Waals surface area contributed by atoms with E-state index in [9.17, 15) is 4.79 Å². The van der Waals surface area contributed by atoms with Crippen molar-refractivity contribution in [3.05, 3.63) is 45.6 Å². The van der Waals surface area contributed by atoms with Crippen LogP contribution in [0.1, 0.15) is 112 Å². The van der Waals surface area contributed by atoms with E-state index in [-0.39, 0.29) is 49.5 Å². The van der Waals surface area contributed by atoms with Crippen LogP contribution in [0, 0.1) is 35.5 Å². The Morgan fingerprint density at radius 2 is 1.44 bits per heavy atom. The molecule has 0 amide bonds. The minimum absolute atomic E-state index is 0.0911. The number of rotatable bonds is 24. The summed E-state index contributed by atoms with van der Waals surface area (Å²) in [6, 6.07) is 9.81. The maximum absolute atomic E-state index is 12.7. The predicted octanol–water partition coefficient (Wildman–Crippen LogP) is 9.89. The Labute approximate surface area is 321 Å². The quantitative estimate of drug-likeness (QED) is 0.0441. The molecular weight excluding hydrogens is 763 g/mol. The fourth-order valence-corrected chi connectivity index (χ4v) is 23.7. The van der Waals surface area contributed by atoms with Gasteiger partial charge in [0.25, 0.3) is 0 Å². The van der Waals surface area contributed by atoms with Gasteiger partial charge in [-0.3, -0.25) is 4.79 Å². The van der Waals surface area contributed by atoms with Crippen LogP contribution in [-0.4, -0.2) is 83.7 Å². The molecule has 1 aliphatic heterocycles. The summed E-state index contributed by atoms with van der Waals surface area (Å²) in [6.07, 6.45) is 8.82. The van der Waals surface area contributed by atoms with Gasteiger partial charge < -0.3 is 9.47 Å². The van der Waals surface area contributed by atoms with E-state index in [1.165, 1.54) is 58.9 Å². The first kappa shape index (κ1) is 46.7. The molecule has 0 radical (unpaired) electrons. The Balaban J connectivity index is 2.42. The Kier molecular flexibility index (Phi) is 23.0. The van der Waals surface area contributed by atoms with Crippen LogP contribution in [0.3, 0.4) is 0 Å². The van der Waals surface area contributed by atoms with Crippen LogP contribution in [0.4, 0.5) is 0 Å². The van der Waals surface area contributed by atoms with Crippen LogP contribution in [0.5, 0.6) is 0 Å². The van der Waals surface area contributed by atoms with Crippen molar-refractivity contribution in [2.75, 3.05) is 34.9 Å². The third-order valence-electron chi connectivity index (χ3n) is 10.9. The van der Waals surface area contributed by atoms with Crippen molar-refractivity contribution in [1.29, 1.82) is 0 Å². The number of carbonyl (C=O) groups excluding carboxylic acids is 1. The number of unbranched alkanes of at least 4 members (excludes halogenated alkanes) is 3. The van der Waals surface area contributed by atoms with Gasteiger partial charge >= 0.3 is 253 Å². The number of carbonyl (C=O) groups is 1. The summed E-state index contributed by atoms with van der Waals surface area (Å²) in [5, 5.41) is 0. The van der Waals surface area contributed by atoms with Gasteiger partial charge in [0.1, 0.15) is 0 Å². The summed E-state index contributed by atoms with van der Waals surface area (Å²) in [7, 11) is 4.69. The van der Waals surface area contributed by atoms with Gasteiger partial charge in [0.15, 0.2) is 0 Å². The van der Waals surface area contributed by atoms with Gasteiger partial charge in [-0.05, 0) is 6.92 Å². The third-order valence-corrected chi connectivity index (χ3v) is 27.4. The molecule has 8 nitrogen and oxygen atoms in total. The number of allylic oxidation sites excluding steroid dienone is 1. The van der Waals surface area contributed by atoms with Crippen molar-refractivity contribution in [2.45, 2.75) is 144 Å². The monoisotopic (exact) mass is 836 g/mol. The summed E-state index contributed by atoms with van der Waals surface area (Å²) in [4.78, 5) is 12.7. The molecule has 0 spiro atoms. The molecule has 1 saturated heterocycles. The van der Waals surface area contributed by atoms with Gasteiger partial charge in [-0.25, -0.2) is 0 Å². The molecule has 1 heterocycles. The molecule has 1 aromatic rings. The van der Waals surface area contributed by atoms with E-state index in [1.807, 2.05) is 37.3 Å². The number of esters is 1. The molecule has 296 valence electrons. The molecule has 52 heavy (non-hydrogen) atoms. The zero-order valence-electron chi connectivity index (χ0n) is 34.4. The summed E-state index contributed by atoms with van der Waals surface area (Å²) < 4.78 is 47.4. The number of hydrogen-bond acceptors (Lipinski definition) is 8. The Morgan fingerprint density at radius 1 is 0.865 bits per heavy atom. The Bertz CT molecular complexity index is 1190. The average molecular weight is 836 g/mol. The summed E-state index contributed by atoms with van der Waals surface area (Å²) in [5.41, 5.74) is 0.888. The molecule has 9 atom stereocenters. The number of benzene rings is 1. The summed E-state index contributed by atoms with van der Waals surface area (Å²) in [6.45, 7) is 18.0. The average Bonchev–Trinajstić information content (AvgIpc) is 3.16. The van der Waals surface area contributed by atoms with E-state index in [0.29, 0.717) is 6.42 Å². The van der Waals surface area contributed by atoms with Crippen molar-refractivity contribution < 1.29 is 38.0 Å². The van der Waals surface area contributed by atoms with E-state index in [1.54, 1.807) is 17.8 Å². The van der Waals surface area contributed by atoms with Gasteiger partial charge in [-0.2, -0.15) is 0 Å². The minimum atomic E-state index is -2.56. The molecule has 0 unspecified atom stereocenters. The Morgan fingerprint density at radius 3 is 1.98 bits per heavy atom. The fourth-order valence-electron chi connectivity index (χ4n) is 7.64. The summed E-state index contributed by atoms with van der Waals surface area (Å²) >= 11 is -2.56. The van der Waals surface area contributed by atoms with Crippen LogP contribution >= 0.6 is 0 Å². The predicted molar refractivity (Wildman–Crippen MR) is 212 cm³/mol. The first-order valence-corrected chi connectivity index (χ1v) is 27.3. The van der Waals surface area contributed by atoms with Crippen molar-refractivity contribution in [1.82, 2.24) is 0 Å². The van der Waals surface area contributed by atoms with E-state index in [0.717, 1.165) is 5.56 Å². The molecule has 1 aromatic carbocycles. The molecule has 0 N–H and O–H groups in total. The van der Waals surface area contributed by atoms with Gasteiger partial charge in [-0.1, -0.05) is 30.3 Å². The number of hydrogen-bond donors (Lipinski definition) is 0. The molecular formula is C43H72O8Sn. The van der Waals surface area contributed by atoms with Crippen molar-refractivity contribution >= 4 is 24.3 Å². The molecule has 2 rings (SSSR count). The fraction of sp³-hybridized carbons (Fsp3) is 0.744. The third kappa shape index (κ3) is 14.7. The standard InChI is InChI=1S/C31H45O8.3C4H9.Sn/c1-9-13-21(2)28(37-20-34-7)22(3)16-17-26(36-19-33-6)18-27-23(4)29(24(5)30(32)35-8)39-31(38-27)25-14-11-10-12-15-25;3*1-3-4-2;/h10-15,21-24,26-29,31H,18-20H2,1-8H3;3*1,3-4H2,2H3;/t21-,22-,23-,24+,26+,27-,28+,29-,31-;;;;/m0..../s1. The number of methoxy groups -OCH3 is 3. The van der Waals surface area contributed by atoms with E-state index < -0.39 is 42.8 Å². The molecule has 0 bridgehead atoms. The zero-order valence-corrected chi connectivity index (χ0v) is 37.3. The summed E-state index contributed by atoms with van der Waals surface area (Å²) in [5.74, 6) is 6.12. The topological polar surface area (TPSA) is 81.7 Å². The van der Waals surface area contributed by atoms with Crippen molar-refractivity contribution in [3.63, 3.8) is 0 Å². The van der Waals surface area contributed by atoms with Crippen LogP contribution in [0.25, 0.3) is 0 Å². The van der Waals surface area contributed by atoms with Gasteiger partial charge in [0, 0.05) is 5.56 Å². The van der Waals surface area contributed by atoms with E-state index >= 15 is 0 Å². The van der Waals surface area contributed by atoms with Crippen molar-refractivity contribution in [2.24, 2.45) is 23.7 Å². The molecule has 9 heteroatoms. The number of ether oxygens (including phenoxy) is 7. The Hall–Kier alpha value is -1.45. The molecule has 1 fully saturated rings. The maximum atomic E-state index is 12.7. The first-order valence-electron chi connectivity index (χ1n) is 19.9. The van der Waals surface area contributed by atoms with Gasteiger partial charge in [0.2, 0.25) is 0 Å².